The zero-order valence-electron chi connectivity index (χ0n) is 18.0. The first-order chi connectivity index (χ1) is 15.0. The number of carbonyl (C=O) groups is 2. The highest BCUT2D eigenvalue weighted by Crippen LogP contribution is 2.37. The van der Waals surface area contributed by atoms with Crippen molar-refractivity contribution < 1.29 is 19.4 Å². The van der Waals surface area contributed by atoms with Crippen LogP contribution < -0.4 is 10.1 Å². The number of aliphatic carboxylic acids is 1. The molecule has 7 heteroatoms. The predicted octanol–water partition coefficient (Wildman–Crippen LogP) is 3.61. The second kappa shape index (κ2) is 10.8. The molecule has 0 spiro atoms. The number of hydrogen-bond acceptors (Lipinski definition) is 5. The minimum Gasteiger partial charge on any atom is -0.494 e. The van der Waals surface area contributed by atoms with Gasteiger partial charge in [-0.05, 0) is 55.5 Å². The molecule has 1 amide bonds. The van der Waals surface area contributed by atoms with Gasteiger partial charge in [-0.2, -0.15) is 0 Å². The fourth-order valence-corrected chi connectivity index (χ4v) is 4.23. The maximum atomic E-state index is 11.9. The summed E-state index contributed by atoms with van der Waals surface area (Å²) in [6, 6.07) is 13.6. The third-order valence-corrected chi connectivity index (χ3v) is 5.70. The maximum absolute atomic E-state index is 11.9. The molecule has 166 valence electrons. The molecular formula is C24H31N3O4. The Kier molecular flexibility index (Phi) is 7.87. The smallest absolute Gasteiger partial charge is 0.303 e. The van der Waals surface area contributed by atoms with Crippen LogP contribution in [0.5, 0.6) is 5.75 Å². The summed E-state index contributed by atoms with van der Waals surface area (Å²) in [4.78, 5) is 29.4. The fraction of sp³-hybridized carbons (Fsp3) is 0.458. The molecular weight excluding hydrogens is 394 g/mol. The van der Waals surface area contributed by atoms with Crippen molar-refractivity contribution in [3.05, 3.63) is 54.2 Å². The zero-order chi connectivity index (χ0) is 22.1. The van der Waals surface area contributed by atoms with Gasteiger partial charge in [0.25, 0.3) is 0 Å². The lowest BCUT2D eigenvalue weighted by molar-refractivity contribution is -0.143. The normalized spacial score (nSPS) is 18.4. The second-order valence-corrected chi connectivity index (χ2v) is 8.28. The lowest BCUT2D eigenvalue weighted by atomic mass is 9.72. The van der Waals surface area contributed by atoms with Crippen LogP contribution in [-0.2, 0) is 16.0 Å². The standard InChI is InChI=1S/C24H31N3O4/c1-19(28)27-14-4-11-24(18-27,17-23(29)30)16-20-7-9-21(10-8-20)31-15-5-13-26-22-6-2-3-12-25-22/h2-3,6-10,12H,4-5,11,13-18H2,1H3,(H,25,26)(H,29,30). The SMILES string of the molecule is CC(=O)N1CCCC(CC(=O)O)(Cc2ccc(OCCCNc3ccccn3)cc2)C1. The predicted molar refractivity (Wildman–Crippen MR) is 119 cm³/mol. The van der Waals surface area contributed by atoms with Crippen LogP contribution in [0.3, 0.4) is 0 Å². The molecule has 1 aliphatic rings. The van der Waals surface area contributed by atoms with Crippen molar-refractivity contribution in [2.45, 2.75) is 39.0 Å². The topological polar surface area (TPSA) is 91.8 Å². The van der Waals surface area contributed by atoms with Gasteiger partial charge in [0, 0.05) is 38.2 Å². The van der Waals surface area contributed by atoms with Gasteiger partial charge in [0.2, 0.25) is 5.91 Å². The third-order valence-electron chi connectivity index (χ3n) is 5.70. The maximum Gasteiger partial charge on any atom is 0.303 e. The largest absolute Gasteiger partial charge is 0.494 e. The molecule has 0 aliphatic carbocycles. The molecule has 0 saturated carbocycles. The van der Waals surface area contributed by atoms with Crippen LogP contribution in [0.15, 0.2) is 48.7 Å². The quantitative estimate of drug-likeness (QED) is 0.565. The summed E-state index contributed by atoms with van der Waals surface area (Å²) in [5.74, 6) is 0.844. The molecule has 3 rings (SSSR count). The summed E-state index contributed by atoms with van der Waals surface area (Å²) in [6.07, 6.45) is 4.95. The van der Waals surface area contributed by atoms with Gasteiger partial charge in [-0.3, -0.25) is 9.59 Å². The van der Waals surface area contributed by atoms with Crippen molar-refractivity contribution in [3.8, 4) is 5.75 Å². The van der Waals surface area contributed by atoms with Crippen LogP contribution >= 0.6 is 0 Å². The highest BCUT2D eigenvalue weighted by Gasteiger charge is 2.38. The van der Waals surface area contributed by atoms with Gasteiger partial charge in [-0.1, -0.05) is 18.2 Å². The molecule has 31 heavy (non-hydrogen) atoms. The Morgan fingerprint density at radius 1 is 1.23 bits per heavy atom. The summed E-state index contributed by atoms with van der Waals surface area (Å²) in [7, 11) is 0. The van der Waals surface area contributed by atoms with Gasteiger partial charge in [-0.25, -0.2) is 4.98 Å². The first kappa shape index (κ1) is 22.6. The molecule has 2 heterocycles. The average Bonchev–Trinajstić information content (AvgIpc) is 2.75. The van der Waals surface area contributed by atoms with Crippen LogP contribution in [0.25, 0.3) is 0 Å². The molecule has 2 N–H and O–H groups in total. The fourth-order valence-electron chi connectivity index (χ4n) is 4.23. The number of anilines is 1. The second-order valence-electron chi connectivity index (χ2n) is 8.28. The molecule has 1 atom stereocenters. The van der Waals surface area contributed by atoms with E-state index in [1.54, 1.807) is 18.0 Å². The Labute approximate surface area is 183 Å². The number of rotatable bonds is 10. The van der Waals surface area contributed by atoms with E-state index in [1.165, 1.54) is 0 Å². The zero-order valence-corrected chi connectivity index (χ0v) is 18.0. The summed E-state index contributed by atoms with van der Waals surface area (Å²) in [5.41, 5.74) is 0.644. The highest BCUT2D eigenvalue weighted by molar-refractivity contribution is 5.74. The van der Waals surface area contributed by atoms with E-state index in [-0.39, 0.29) is 12.3 Å². The summed E-state index contributed by atoms with van der Waals surface area (Å²) < 4.78 is 5.82. The number of carboxylic acid groups (broad SMARTS) is 1. The van der Waals surface area contributed by atoms with Crippen molar-refractivity contribution in [1.82, 2.24) is 9.88 Å². The van der Waals surface area contributed by atoms with Crippen molar-refractivity contribution in [2.24, 2.45) is 5.41 Å². The lowest BCUT2D eigenvalue weighted by Gasteiger charge is -2.42. The highest BCUT2D eigenvalue weighted by atomic mass is 16.5. The van der Waals surface area contributed by atoms with Crippen LogP contribution in [0.4, 0.5) is 5.82 Å². The van der Waals surface area contributed by atoms with Gasteiger partial charge in [-0.15, -0.1) is 0 Å². The van der Waals surface area contributed by atoms with Gasteiger partial charge >= 0.3 is 5.97 Å². The number of aromatic nitrogens is 1. The Morgan fingerprint density at radius 2 is 2.03 bits per heavy atom. The Morgan fingerprint density at radius 3 is 2.71 bits per heavy atom. The minimum atomic E-state index is -0.815. The summed E-state index contributed by atoms with van der Waals surface area (Å²) in [5, 5.41) is 12.7. The van der Waals surface area contributed by atoms with E-state index in [0.717, 1.165) is 42.9 Å². The van der Waals surface area contributed by atoms with E-state index < -0.39 is 11.4 Å². The van der Waals surface area contributed by atoms with E-state index in [9.17, 15) is 14.7 Å². The number of nitrogens with zero attached hydrogens (tertiary/aromatic N) is 2. The molecule has 7 nitrogen and oxygen atoms in total. The van der Waals surface area contributed by atoms with Gasteiger partial charge in [0.15, 0.2) is 0 Å². The number of benzene rings is 1. The van der Waals surface area contributed by atoms with E-state index in [1.807, 2.05) is 42.5 Å². The van der Waals surface area contributed by atoms with Crippen molar-refractivity contribution >= 4 is 17.7 Å². The number of hydrogen-bond donors (Lipinski definition) is 2. The molecule has 1 fully saturated rings. The number of carbonyl (C=O) groups excluding carboxylic acids is 1. The van der Waals surface area contributed by atoms with Gasteiger partial charge in [0.05, 0.1) is 13.0 Å². The number of ether oxygens (including phenoxy) is 1. The van der Waals surface area contributed by atoms with Gasteiger partial charge in [0.1, 0.15) is 11.6 Å². The van der Waals surface area contributed by atoms with E-state index in [2.05, 4.69) is 10.3 Å². The molecule has 2 aromatic rings. The van der Waals surface area contributed by atoms with E-state index in [4.69, 9.17) is 4.74 Å². The first-order valence-corrected chi connectivity index (χ1v) is 10.8. The Bertz CT molecular complexity index is 857. The molecule has 1 aromatic heterocycles. The molecule has 1 saturated heterocycles. The van der Waals surface area contributed by atoms with Crippen LogP contribution in [0, 0.1) is 5.41 Å². The minimum absolute atomic E-state index is 0.00995. The van der Waals surface area contributed by atoms with Crippen LogP contribution in [-0.4, -0.2) is 53.1 Å². The third kappa shape index (κ3) is 6.98. The molecule has 0 radical (unpaired) electrons. The van der Waals surface area contributed by atoms with Crippen molar-refractivity contribution in [2.75, 3.05) is 31.6 Å². The average molecular weight is 426 g/mol. The van der Waals surface area contributed by atoms with Crippen molar-refractivity contribution in [3.63, 3.8) is 0 Å². The summed E-state index contributed by atoms with van der Waals surface area (Å²) in [6.45, 7) is 4.12. The Balaban J connectivity index is 1.50. The Hall–Kier alpha value is -3.09. The van der Waals surface area contributed by atoms with Crippen LogP contribution in [0.1, 0.15) is 38.2 Å². The number of piperidine rings is 1. The van der Waals surface area contributed by atoms with E-state index in [0.29, 0.717) is 26.1 Å². The van der Waals surface area contributed by atoms with E-state index >= 15 is 0 Å². The molecule has 1 aliphatic heterocycles. The number of likely N-dealkylation sites (tertiary alicyclic amines) is 1. The van der Waals surface area contributed by atoms with Crippen molar-refractivity contribution in [1.29, 1.82) is 0 Å². The number of pyridine rings is 1. The first-order valence-electron chi connectivity index (χ1n) is 10.8. The lowest BCUT2D eigenvalue weighted by Crippen LogP contribution is -2.47. The number of carboxylic acids is 1. The summed E-state index contributed by atoms with van der Waals surface area (Å²) >= 11 is 0. The molecule has 1 aromatic carbocycles. The van der Waals surface area contributed by atoms with Gasteiger partial charge < -0.3 is 20.1 Å². The monoisotopic (exact) mass is 425 g/mol. The number of amides is 1. The van der Waals surface area contributed by atoms with Crippen LogP contribution in [0.2, 0.25) is 0 Å². The molecule has 1 unspecified atom stereocenters. The number of nitrogens with one attached hydrogen (secondary N) is 1. The molecule has 0 bridgehead atoms.